The third-order valence-electron chi connectivity index (χ3n) is 6.73. The van der Waals surface area contributed by atoms with Gasteiger partial charge in [-0.15, -0.1) is 0 Å². The Morgan fingerprint density at radius 1 is 1.27 bits per heavy atom. The van der Waals surface area contributed by atoms with Crippen molar-refractivity contribution in [2.24, 2.45) is 0 Å². The van der Waals surface area contributed by atoms with Crippen LogP contribution in [0.5, 0.6) is 0 Å². The maximum atomic E-state index is 16.3. The lowest BCUT2D eigenvalue weighted by Crippen LogP contribution is -2.49. The van der Waals surface area contributed by atoms with Crippen molar-refractivity contribution in [2.45, 2.75) is 19.1 Å². The highest BCUT2D eigenvalue weighted by atomic mass is 32.1. The van der Waals surface area contributed by atoms with E-state index in [1.807, 2.05) is 18.0 Å². The monoisotopic (exact) mass is 591 g/mol. The Balaban J connectivity index is 1.55. The number of nitrogens with one attached hydrogen (secondary N) is 3. The van der Waals surface area contributed by atoms with Gasteiger partial charge >= 0.3 is 6.18 Å². The Bertz CT molecular complexity index is 1640. The van der Waals surface area contributed by atoms with Gasteiger partial charge in [-0.05, 0) is 12.5 Å². The molecular formula is C26H22F5N7O2S. The lowest BCUT2D eigenvalue weighted by Gasteiger charge is -2.35. The molecule has 1 amide bonds. The quantitative estimate of drug-likeness (QED) is 0.385. The standard InChI is InChI=1S/C26H22F5N7O2S/c1-13-11-37(5-3-33-13)19-7-18(27)21(14-2-4-38(12-14)25-35-9-15(8-32)41-25)22(28)23(19)36-24(40)16-10-34-20(39)6-17(16)26(29,30)31/h2,6-7,9-10,13,33H,3-5,11-12H2,1H3,(H,34,39)(H,36,40). The summed E-state index contributed by atoms with van der Waals surface area (Å²) in [5.74, 6) is -3.39. The number of halogens is 5. The number of thiazole rings is 1. The van der Waals surface area contributed by atoms with E-state index in [0.29, 0.717) is 35.8 Å². The SMILES string of the molecule is CC1CN(c2cc(F)c(C3=CCN(c4ncc(C#N)s4)C3)c(F)c2NC(=O)c2c[nH]c(=O)cc2C(F)(F)F)CCN1. The van der Waals surface area contributed by atoms with Gasteiger partial charge in [-0.2, -0.15) is 18.4 Å². The van der Waals surface area contributed by atoms with Crippen molar-refractivity contribution in [3.8, 4) is 6.07 Å². The molecule has 41 heavy (non-hydrogen) atoms. The largest absolute Gasteiger partial charge is 0.417 e. The minimum absolute atomic E-state index is 0.0301. The maximum Gasteiger partial charge on any atom is 0.417 e. The van der Waals surface area contributed by atoms with Crippen molar-refractivity contribution in [3.63, 3.8) is 0 Å². The number of hydrogen-bond acceptors (Lipinski definition) is 8. The number of anilines is 3. The average molecular weight is 592 g/mol. The van der Waals surface area contributed by atoms with Crippen LogP contribution in [-0.2, 0) is 6.18 Å². The van der Waals surface area contributed by atoms with Crippen molar-refractivity contribution >= 4 is 39.3 Å². The predicted molar refractivity (Wildman–Crippen MR) is 143 cm³/mol. The zero-order chi connectivity index (χ0) is 29.5. The smallest absolute Gasteiger partial charge is 0.367 e. The first-order valence-electron chi connectivity index (χ1n) is 12.4. The van der Waals surface area contributed by atoms with Gasteiger partial charge in [0.25, 0.3) is 5.91 Å². The molecule has 2 aromatic heterocycles. The van der Waals surface area contributed by atoms with Gasteiger partial charge in [-0.25, -0.2) is 13.8 Å². The number of pyridine rings is 1. The summed E-state index contributed by atoms with van der Waals surface area (Å²) in [6, 6.07) is 3.21. The molecule has 9 nitrogen and oxygen atoms in total. The normalized spacial score (nSPS) is 17.4. The first-order chi connectivity index (χ1) is 19.5. The Labute approximate surface area is 233 Å². The van der Waals surface area contributed by atoms with Crippen LogP contribution in [0.2, 0.25) is 0 Å². The van der Waals surface area contributed by atoms with Gasteiger partial charge in [0.15, 0.2) is 10.9 Å². The molecule has 0 aliphatic carbocycles. The van der Waals surface area contributed by atoms with E-state index < -0.39 is 51.7 Å². The zero-order valence-corrected chi connectivity index (χ0v) is 22.2. The van der Waals surface area contributed by atoms with Gasteiger partial charge < -0.3 is 25.4 Å². The number of amides is 1. The fraction of sp³-hybridized carbons (Fsp3) is 0.308. The molecule has 2 aliphatic heterocycles. The van der Waals surface area contributed by atoms with Crippen LogP contribution in [0.3, 0.4) is 0 Å². The molecular weight excluding hydrogens is 569 g/mol. The molecule has 0 bridgehead atoms. The van der Waals surface area contributed by atoms with Crippen molar-refractivity contribution < 1.29 is 26.7 Å². The second kappa shape index (κ2) is 10.9. The molecule has 214 valence electrons. The van der Waals surface area contributed by atoms with Crippen LogP contribution in [0, 0.1) is 23.0 Å². The molecule has 3 N–H and O–H groups in total. The van der Waals surface area contributed by atoms with Crippen LogP contribution >= 0.6 is 11.3 Å². The van der Waals surface area contributed by atoms with Gasteiger partial charge in [0.05, 0.1) is 28.6 Å². The van der Waals surface area contributed by atoms with E-state index in [1.54, 1.807) is 15.9 Å². The number of hydrogen-bond donors (Lipinski definition) is 3. The lowest BCUT2D eigenvalue weighted by molar-refractivity contribution is -0.138. The molecule has 5 rings (SSSR count). The van der Waals surface area contributed by atoms with E-state index in [0.717, 1.165) is 17.4 Å². The Hall–Kier alpha value is -4.29. The summed E-state index contributed by atoms with van der Waals surface area (Å²) >= 11 is 1.12. The summed E-state index contributed by atoms with van der Waals surface area (Å²) in [5.41, 5.74) is -4.20. The lowest BCUT2D eigenvalue weighted by atomic mass is 10.0. The Kier molecular flexibility index (Phi) is 7.54. The number of piperazine rings is 1. The number of carbonyl (C=O) groups is 1. The van der Waals surface area contributed by atoms with Gasteiger partial charge in [-0.1, -0.05) is 17.4 Å². The zero-order valence-electron chi connectivity index (χ0n) is 21.4. The third kappa shape index (κ3) is 5.66. The van der Waals surface area contributed by atoms with Gasteiger partial charge in [-0.3, -0.25) is 9.59 Å². The van der Waals surface area contributed by atoms with Crippen LogP contribution in [-0.4, -0.2) is 54.6 Å². The topological polar surface area (TPSA) is 117 Å². The molecule has 1 saturated heterocycles. The van der Waals surface area contributed by atoms with E-state index in [-0.39, 0.29) is 36.5 Å². The van der Waals surface area contributed by atoms with Crippen molar-refractivity contribution in [1.82, 2.24) is 15.3 Å². The third-order valence-corrected chi connectivity index (χ3v) is 7.70. The minimum Gasteiger partial charge on any atom is -0.367 e. The molecule has 1 aromatic carbocycles. The highest BCUT2D eigenvalue weighted by Crippen LogP contribution is 2.39. The molecule has 2 aliphatic rings. The number of rotatable bonds is 5. The average Bonchev–Trinajstić information content (AvgIpc) is 3.59. The number of benzene rings is 1. The number of H-pyrrole nitrogens is 1. The van der Waals surface area contributed by atoms with E-state index in [2.05, 4.69) is 15.6 Å². The highest BCUT2D eigenvalue weighted by molar-refractivity contribution is 7.16. The van der Waals surface area contributed by atoms with Crippen LogP contribution in [0.15, 0.2) is 35.4 Å². The number of nitriles is 1. The molecule has 0 saturated carbocycles. The first-order valence-corrected chi connectivity index (χ1v) is 13.2. The molecule has 3 aromatic rings. The molecule has 15 heteroatoms. The molecule has 0 spiro atoms. The molecule has 1 unspecified atom stereocenters. The van der Waals surface area contributed by atoms with E-state index in [9.17, 15) is 22.8 Å². The van der Waals surface area contributed by atoms with Gasteiger partial charge in [0.2, 0.25) is 5.56 Å². The molecule has 0 radical (unpaired) electrons. The Morgan fingerprint density at radius 3 is 2.73 bits per heavy atom. The summed E-state index contributed by atoms with van der Waals surface area (Å²) < 4.78 is 72.8. The summed E-state index contributed by atoms with van der Waals surface area (Å²) in [6.07, 6.45) is -1.46. The second-order valence-electron chi connectivity index (χ2n) is 9.55. The molecule has 1 atom stereocenters. The maximum absolute atomic E-state index is 16.3. The Morgan fingerprint density at radius 2 is 2.05 bits per heavy atom. The fourth-order valence-electron chi connectivity index (χ4n) is 4.84. The summed E-state index contributed by atoms with van der Waals surface area (Å²) in [5, 5.41) is 15.0. The van der Waals surface area contributed by atoms with Crippen molar-refractivity contribution in [1.29, 1.82) is 5.26 Å². The first kappa shape index (κ1) is 28.2. The van der Waals surface area contributed by atoms with Gasteiger partial charge in [0.1, 0.15) is 22.5 Å². The van der Waals surface area contributed by atoms with Crippen molar-refractivity contribution in [2.75, 3.05) is 47.8 Å². The second-order valence-corrected chi connectivity index (χ2v) is 10.6. The number of nitrogens with zero attached hydrogens (tertiary/aromatic N) is 4. The van der Waals surface area contributed by atoms with Crippen molar-refractivity contribution in [3.05, 3.63) is 74.2 Å². The minimum atomic E-state index is -5.04. The number of carbonyl (C=O) groups excluding carboxylic acids is 1. The van der Waals surface area contributed by atoms with Crippen LogP contribution in [0.25, 0.3) is 5.57 Å². The summed E-state index contributed by atoms with van der Waals surface area (Å²) in [4.78, 5) is 34.6. The highest BCUT2D eigenvalue weighted by Gasteiger charge is 2.37. The molecule has 1 fully saturated rings. The van der Waals surface area contributed by atoms with Crippen LogP contribution < -0.4 is 26.0 Å². The molecule has 4 heterocycles. The summed E-state index contributed by atoms with van der Waals surface area (Å²) in [6.45, 7) is 3.25. The predicted octanol–water partition coefficient (Wildman–Crippen LogP) is 3.95. The van der Waals surface area contributed by atoms with E-state index in [4.69, 9.17) is 5.26 Å². The van der Waals surface area contributed by atoms with E-state index in [1.165, 1.54) is 6.20 Å². The fourth-order valence-corrected chi connectivity index (χ4v) is 5.56. The number of aromatic amines is 1. The number of aromatic nitrogens is 2. The summed E-state index contributed by atoms with van der Waals surface area (Å²) in [7, 11) is 0. The van der Waals surface area contributed by atoms with Gasteiger partial charge in [0, 0.05) is 57.1 Å². The number of alkyl halides is 3. The van der Waals surface area contributed by atoms with E-state index >= 15 is 8.78 Å². The van der Waals surface area contributed by atoms with Crippen LogP contribution in [0.4, 0.5) is 38.5 Å². The van der Waals surface area contributed by atoms with Crippen LogP contribution in [0.1, 0.15) is 33.3 Å².